The highest BCUT2D eigenvalue weighted by atomic mass is 35.5. The van der Waals surface area contributed by atoms with E-state index in [2.05, 4.69) is 9.68 Å². The fraction of sp³-hybridized carbons (Fsp3) is 0.105. The number of furan rings is 1. The lowest BCUT2D eigenvalue weighted by molar-refractivity contribution is 0.101. The van der Waals surface area contributed by atoms with Crippen LogP contribution < -0.4 is 11.1 Å². The van der Waals surface area contributed by atoms with E-state index in [0.29, 0.717) is 23.4 Å². The van der Waals surface area contributed by atoms with Crippen molar-refractivity contribution in [2.45, 2.75) is 13.0 Å². The summed E-state index contributed by atoms with van der Waals surface area (Å²) in [6.07, 6.45) is 1.91. The summed E-state index contributed by atoms with van der Waals surface area (Å²) in [5, 5.41) is 3.39. The molecule has 0 aliphatic carbocycles. The molecule has 0 radical (unpaired) electrons. The van der Waals surface area contributed by atoms with Gasteiger partial charge in [-0.2, -0.15) is 8.42 Å². The summed E-state index contributed by atoms with van der Waals surface area (Å²) in [5.74, 6) is -0.311. The first kappa shape index (κ1) is 19.7. The highest BCUT2D eigenvalue weighted by Crippen LogP contribution is 2.36. The maximum atomic E-state index is 12.4. The lowest BCUT2D eigenvalue weighted by Gasteiger charge is -2.18. The van der Waals surface area contributed by atoms with Crippen LogP contribution in [0.2, 0.25) is 5.02 Å². The number of nitrogen functional groups attached to an aromatic ring is 1. The number of hydrogen-bond acceptors (Lipinski definition) is 6. The standard InChI is InChI=1S/C19H16ClN3O4S/c20-17-14(9-12-5-2-1-3-6-12)18(22-11-13-7-4-8-27-13)15(10-16(17)21)19(24)23-28(25)26/h1-8,10,22H,9,11,21H2. The van der Waals surface area contributed by atoms with Crippen LogP contribution in [-0.2, 0) is 23.5 Å². The molecule has 28 heavy (non-hydrogen) atoms. The molecule has 1 heterocycles. The monoisotopic (exact) mass is 417 g/mol. The van der Waals surface area contributed by atoms with Gasteiger partial charge >= 0.3 is 10.5 Å². The molecular formula is C19H16ClN3O4S. The van der Waals surface area contributed by atoms with Crippen LogP contribution in [0.25, 0.3) is 0 Å². The maximum Gasteiger partial charge on any atom is 0.319 e. The Morgan fingerprint density at radius 3 is 2.57 bits per heavy atom. The second kappa shape index (κ2) is 8.73. The van der Waals surface area contributed by atoms with Crippen molar-refractivity contribution in [1.29, 1.82) is 0 Å². The van der Waals surface area contributed by atoms with Gasteiger partial charge in [0.25, 0.3) is 5.91 Å². The van der Waals surface area contributed by atoms with Crippen LogP contribution in [0.5, 0.6) is 0 Å². The average molecular weight is 418 g/mol. The minimum atomic E-state index is -2.89. The van der Waals surface area contributed by atoms with Crippen molar-refractivity contribution in [3.05, 3.63) is 82.3 Å². The molecule has 1 aromatic heterocycles. The van der Waals surface area contributed by atoms with E-state index in [1.165, 1.54) is 12.3 Å². The SMILES string of the molecule is Nc1cc(C(=O)N=S(=O)=O)c(NCc2ccco2)c(Cc2ccccc2)c1Cl. The third-order valence-corrected chi connectivity index (χ3v) is 4.78. The Morgan fingerprint density at radius 1 is 1.18 bits per heavy atom. The Kier molecular flexibility index (Phi) is 6.13. The molecule has 2 aromatic carbocycles. The summed E-state index contributed by atoms with van der Waals surface area (Å²) >= 11 is 6.44. The molecule has 3 rings (SSSR count). The molecule has 7 nitrogen and oxygen atoms in total. The van der Waals surface area contributed by atoms with E-state index in [4.69, 9.17) is 21.8 Å². The van der Waals surface area contributed by atoms with Gasteiger partial charge in [0.2, 0.25) is 0 Å². The maximum absolute atomic E-state index is 12.4. The van der Waals surface area contributed by atoms with E-state index >= 15 is 0 Å². The molecule has 0 atom stereocenters. The van der Waals surface area contributed by atoms with E-state index in [1.807, 2.05) is 30.3 Å². The number of hydrogen-bond donors (Lipinski definition) is 2. The third-order valence-electron chi connectivity index (χ3n) is 4.02. The molecule has 0 unspecified atom stereocenters. The molecule has 9 heteroatoms. The Labute approximate surface area is 167 Å². The molecule has 0 aliphatic heterocycles. The van der Waals surface area contributed by atoms with Crippen LogP contribution in [0.3, 0.4) is 0 Å². The zero-order valence-corrected chi connectivity index (χ0v) is 16.1. The van der Waals surface area contributed by atoms with Gasteiger partial charge in [0, 0.05) is 12.0 Å². The number of anilines is 2. The first-order chi connectivity index (χ1) is 13.5. The molecule has 0 bridgehead atoms. The van der Waals surface area contributed by atoms with E-state index in [9.17, 15) is 13.2 Å². The lowest BCUT2D eigenvalue weighted by atomic mass is 9.98. The van der Waals surface area contributed by atoms with Gasteiger partial charge in [-0.05, 0) is 23.8 Å². The second-order valence-corrected chi connectivity index (χ2v) is 6.88. The van der Waals surface area contributed by atoms with E-state index in [1.54, 1.807) is 12.1 Å². The Balaban J connectivity index is 2.12. The number of nitrogens with zero attached hydrogens (tertiary/aromatic N) is 1. The smallest absolute Gasteiger partial charge is 0.319 e. The van der Waals surface area contributed by atoms with Crippen LogP contribution in [0.4, 0.5) is 11.4 Å². The molecule has 0 spiro atoms. The van der Waals surface area contributed by atoms with Crippen LogP contribution in [0, 0.1) is 0 Å². The highest BCUT2D eigenvalue weighted by Gasteiger charge is 2.21. The van der Waals surface area contributed by atoms with Crippen LogP contribution >= 0.6 is 11.6 Å². The summed E-state index contributed by atoms with van der Waals surface area (Å²) in [5.41, 5.74) is 8.02. The van der Waals surface area contributed by atoms with Crippen LogP contribution in [-0.4, -0.2) is 14.3 Å². The van der Waals surface area contributed by atoms with Gasteiger partial charge in [-0.25, -0.2) is 0 Å². The largest absolute Gasteiger partial charge is 0.467 e. The number of nitrogens with one attached hydrogen (secondary N) is 1. The van der Waals surface area contributed by atoms with Crippen molar-refractivity contribution in [2.24, 2.45) is 4.36 Å². The summed E-state index contributed by atoms with van der Waals surface area (Å²) in [6.45, 7) is 0.260. The van der Waals surface area contributed by atoms with Gasteiger partial charge in [0.15, 0.2) is 0 Å². The van der Waals surface area contributed by atoms with E-state index in [-0.39, 0.29) is 22.8 Å². The van der Waals surface area contributed by atoms with Crippen LogP contribution in [0.15, 0.2) is 63.6 Å². The summed E-state index contributed by atoms with van der Waals surface area (Å²) in [6, 6.07) is 14.3. The Hall–Kier alpha value is -3.10. The Bertz CT molecular complexity index is 1120. The molecule has 3 aromatic rings. The first-order valence-corrected chi connectivity index (χ1v) is 9.63. The van der Waals surface area contributed by atoms with Gasteiger partial charge < -0.3 is 15.5 Å². The molecule has 0 saturated carbocycles. The topological polar surface area (TPSA) is 115 Å². The van der Waals surface area contributed by atoms with Crippen molar-refractivity contribution < 1.29 is 17.6 Å². The molecule has 3 N–H and O–H groups in total. The normalized spacial score (nSPS) is 10.5. The van der Waals surface area contributed by atoms with Crippen molar-refractivity contribution in [1.82, 2.24) is 0 Å². The number of amides is 1. The molecule has 144 valence electrons. The molecule has 0 saturated heterocycles. The highest BCUT2D eigenvalue weighted by molar-refractivity contribution is 7.62. The molecular weight excluding hydrogens is 402 g/mol. The molecule has 0 aliphatic rings. The lowest BCUT2D eigenvalue weighted by Crippen LogP contribution is -2.11. The number of benzene rings is 2. The van der Waals surface area contributed by atoms with Crippen LogP contribution in [0.1, 0.15) is 27.2 Å². The van der Waals surface area contributed by atoms with Crippen molar-refractivity contribution >= 4 is 39.4 Å². The number of carbonyl (C=O) groups is 1. The number of carbonyl (C=O) groups excluding carboxylic acids is 1. The quantitative estimate of drug-likeness (QED) is 0.587. The Morgan fingerprint density at radius 2 is 1.93 bits per heavy atom. The second-order valence-electron chi connectivity index (χ2n) is 5.89. The van der Waals surface area contributed by atoms with Gasteiger partial charge in [-0.1, -0.05) is 46.3 Å². The predicted molar refractivity (Wildman–Crippen MR) is 107 cm³/mol. The van der Waals surface area contributed by atoms with Gasteiger partial charge in [0.05, 0.1) is 34.8 Å². The first-order valence-electron chi connectivity index (χ1n) is 8.22. The van der Waals surface area contributed by atoms with Crippen molar-refractivity contribution in [3.63, 3.8) is 0 Å². The zero-order chi connectivity index (χ0) is 20.1. The van der Waals surface area contributed by atoms with E-state index < -0.39 is 16.4 Å². The van der Waals surface area contributed by atoms with Crippen molar-refractivity contribution in [2.75, 3.05) is 11.1 Å². The minimum absolute atomic E-state index is 0.0172. The fourth-order valence-electron chi connectivity index (χ4n) is 2.78. The zero-order valence-electron chi connectivity index (χ0n) is 14.6. The summed E-state index contributed by atoms with van der Waals surface area (Å²) < 4.78 is 30.2. The average Bonchev–Trinajstić information content (AvgIpc) is 3.18. The van der Waals surface area contributed by atoms with Gasteiger partial charge in [0.1, 0.15) is 5.76 Å². The minimum Gasteiger partial charge on any atom is -0.467 e. The van der Waals surface area contributed by atoms with Gasteiger partial charge in [-0.15, -0.1) is 0 Å². The summed E-state index contributed by atoms with van der Waals surface area (Å²) in [4.78, 5) is 12.4. The summed E-state index contributed by atoms with van der Waals surface area (Å²) in [7, 11) is -2.89. The van der Waals surface area contributed by atoms with E-state index in [0.717, 1.165) is 5.56 Å². The van der Waals surface area contributed by atoms with Crippen molar-refractivity contribution in [3.8, 4) is 0 Å². The molecule has 0 fully saturated rings. The number of rotatable bonds is 6. The third kappa shape index (κ3) is 4.59. The predicted octanol–water partition coefficient (Wildman–Crippen LogP) is 3.92. The van der Waals surface area contributed by atoms with Gasteiger partial charge in [-0.3, -0.25) is 4.79 Å². The number of nitrogens with two attached hydrogens (primary N) is 1. The fourth-order valence-corrected chi connectivity index (χ4v) is 3.23. The molecule has 1 amide bonds. The number of halogens is 1.